The lowest BCUT2D eigenvalue weighted by Gasteiger charge is -2.24. The SMILES string of the molecule is O=C(NCc1cc(-c2ccc(C(F)F)cc2)ncn1)C1C(F)CCN1S(=O)(=O)c1ccc(F)cc1. The minimum Gasteiger partial charge on any atom is -0.349 e. The van der Waals surface area contributed by atoms with Crippen molar-refractivity contribution in [3.8, 4) is 11.3 Å². The molecule has 0 spiro atoms. The molecule has 0 bridgehead atoms. The van der Waals surface area contributed by atoms with Gasteiger partial charge < -0.3 is 5.32 Å². The molecule has 3 aromatic rings. The fraction of sp³-hybridized carbons (Fsp3) is 0.261. The van der Waals surface area contributed by atoms with Crippen molar-refractivity contribution in [1.29, 1.82) is 0 Å². The van der Waals surface area contributed by atoms with Gasteiger partial charge in [0.05, 0.1) is 22.8 Å². The number of carbonyl (C=O) groups excluding carboxylic acids is 1. The first-order valence-corrected chi connectivity index (χ1v) is 12.0. The number of rotatable bonds is 7. The van der Waals surface area contributed by atoms with Crippen molar-refractivity contribution in [3.63, 3.8) is 0 Å². The van der Waals surface area contributed by atoms with Crippen molar-refractivity contribution in [2.75, 3.05) is 6.54 Å². The molecule has 0 radical (unpaired) electrons. The fourth-order valence-electron chi connectivity index (χ4n) is 3.77. The summed E-state index contributed by atoms with van der Waals surface area (Å²) in [5.74, 6) is -1.47. The van der Waals surface area contributed by atoms with E-state index in [1.165, 1.54) is 36.7 Å². The third-order valence-electron chi connectivity index (χ3n) is 5.59. The molecule has 35 heavy (non-hydrogen) atoms. The molecule has 12 heteroatoms. The van der Waals surface area contributed by atoms with Crippen LogP contribution in [0.4, 0.5) is 17.6 Å². The first-order chi connectivity index (χ1) is 16.7. The minimum absolute atomic E-state index is 0.132. The second-order valence-electron chi connectivity index (χ2n) is 7.85. The van der Waals surface area contributed by atoms with E-state index in [0.717, 1.165) is 28.6 Å². The molecular weight excluding hydrogens is 488 g/mol. The lowest BCUT2D eigenvalue weighted by atomic mass is 10.1. The minimum atomic E-state index is -4.23. The molecule has 0 saturated carbocycles. The molecule has 7 nitrogen and oxygen atoms in total. The van der Waals surface area contributed by atoms with Crippen LogP contribution in [0.1, 0.15) is 24.1 Å². The first kappa shape index (κ1) is 24.7. The van der Waals surface area contributed by atoms with Crippen molar-refractivity contribution in [2.45, 2.75) is 36.5 Å². The summed E-state index contributed by atoms with van der Waals surface area (Å²) in [4.78, 5) is 20.7. The Kier molecular flexibility index (Phi) is 7.13. The van der Waals surface area contributed by atoms with E-state index in [0.29, 0.717) is 17.0 Å². The van der Waals surface area contributed by atoms with Crippen molar-refractivity contribution in [1.82, 2.24) is 19.6 Å². The normalized spacial score (nSPS) is 18.7. The highest BCUT2D eigenvalue weighted by Gasteiger charge is 2.46. The molecule has 2 atom stereocenters. The van der Waals surface area contributed by atoms with Crippen LogP contribution >= 0.6 is 0 Å². The van der Waals surface area contributed by atoms with E-state index < -0.39 is 40.4 Å². The molecule has 1 aliphatic heterocycles. The lowest BCUT2D eigenvalue weighted by molar-refractivity contribution is -0.125. The van der Waals surface area contributed by atoms with Gasteiger partial charge in [-0.25, -0.2) is 35.9 Å². The van der Waals surface area contributed by atoms with Crippen LogP contribution < -0.4 is 5.32 Å². The van der Waals surface area contributed by atoms with Crippen LogP contribution in [0.15, 0.2) is 65.8 Å². The third-order valence-corrected chi connectivity index (χ3v) is 7.49. The molecule has 1 amide bonds. The van der Waals surface area contributed by atoms with Gasteiger partial charge in [-0.2, -0.15) is 4.31 Å². The molecule has 2 heterocycles. The van der Waals surface area contributed by atoms with Crippen molar-refractivity contribution in [3.05, 3.63) is 78.0 Å². The maximum atomic E-state index is 14.6. The van der Waals surface area contributed by atoms with Gasteiger partial charge in [-0.1, -0.05) is 24.3 Å². The van der Waals surface area contributed by atoms with Crippen LogP contribution in [0.5, 0.6) is 0 Å². The van der Waals surface area contributed by atoms with E-state index in [1.807, 2.05) is 0 Å². The van der Waals surface area contributed by atoms with E-state index in [4.69, 9.17) is 0 Å². The molecule has 1 N–H and O–H groups in total. The number of nitrogens with one attached hydrogen (secondary N) is 1. The molecule has 1 fully saturated rings. The van der Waals surface area contributed by atoms with Crippen LogP contribution in [0, 0.1) is 5.82 Å². The highest BCUT2D eigenvalue weighted by molar-refractivity contribution is 7.89. The Morgan fingerprint density at radius 3 is 2.43 bits per heavy atom. The van der Waals surface area contributed by atoms with Gasteiger partial charge in [0, 0.05) is 17.7 Å². The van der Waals surface area contributed by atoms with Crippen LogP contribution in [0.3, 0.4) is 0 Å². The van der Waals surface area contributed by atoms with E-state index in [-0.39, 0.29) is 30.0 Å². The summed E-state index contributed by atoms with van der Waals surface area (Å²) < 4.78 is 80.0. The maximum Gasteiger partial charge on any atom is 0.263 e. The molecule has 1 aromatic heterocycles. The van der Waals surface area contributed by atoms with Crippen LogP contribution in [-0.4, -0.2) is 47.4 Å². The average Bonchev–Trinajstić information content (AvgIpc) is 3.25. The largest absolute Gasteiger partial charge is 0.349 e. The number of benzene rings is 2. The monoisotopic (exact) mass is 508 g/mol. The van der Waals surface area contributed by atoms with E-state index in [1.54, 1.807) is 0 Å². The molecule has 1 aliphatic rings. The van der Waals surface area contributed by atoms with Gasteiger partial charge in [-0.05, 0) is 36.8 Å². The standard InChI is InChI=1S/C23H20F4N4O3S/c24-16-5-7-18(8-6-16)35(33,34)31-10-9-19(25)21(31)23(32)28-12-17-11-20(30-13-29-17)14-1-3-15(4-2-14)22(26)27/h1-8,11,13,19,21-22H,9-10,12H2,(H,28,32). The zero-order valence-corrected chi connectivity index (χ0v) is 18.9. The Balaban J connectivity index is 1.47. The number of halogens is 4. The van der Waals surface area contributed by atoms with Gasteiger partial charge in [-0.3, -0.25) is 4.79 Å². The Hall–Kier alpha value is -3.38. The zero-order valence-electron chi connectivity index (χ0n) is 18.1. The smallest absolute Gasteiger partial charge is 0.263 e. The summed E-state index contributed by atoms with van der Waals surface area (Å²) in [6, 6.07) is 9.52. The first-order valence-electron chi connectivity index (χ1n) is 10.6. The Morgan fingerprint density at radius 2 is 1.77 bits per heavy atom. The molecule has 2 aromatic carbocycles. The van der Waals surface area contributed by atoms with Crippen molar-refractivity contribution < 1.29 is 30.8 Å². The summed E-state index contributed by atoms with van der Waals surface area (Å²) in [5.41, 5.74) is 1.20. The number of hydrogen-bond donors (Lipinski definition) is 1. The summed E-state index contributed by atoms with van der Waals surface area (Å²) in [6.07, 6.45) is -3.25. The molecule has 0 aliphatic carbocycles. The number of carbonyl (C=O) groups is 1. The molecule has 1 saturated heterocycles. The van der Waals surface area contributed by atoms with Crippen molar-refractivity contribution >= 4 is 15.9 Å². The third kappa shape index (κ3) is 5.33. The van der Waals surface area contributed by atoms with Crippen LogP contribution in [-0.2, 0) is 21.4 Å². The van der Waals surface area contributed by atoms with Crippen LogP contribution in [0.25, 0.3) is 11.3 Å². The number of aromatic nitrogens is 2. The summed E-state index contributed by atoms with van der Waals surface area (Å²) in [7, 11) is -4.23. The van der Waals surface area contributed by atoms with Gasteiger partial charge in [0.25, 0.3) is 6.43 Å². The number of alkyl halides is 3. The predicted molar refractivity (Wildman–Crippen MR) is 118 cm³/mol. The summed E-state index contributed by atoms with van der Waals surface area (Å²) in [5, 5.41) is 2.50. The second-order valence-corrected chi connectivity index (χ2v) is 9.74. The van der Waals surface area contributed by atoms with Crippen LogP contribution in [0.2, 0.25) is 0 Å². The van der Waals surface area contributed by atoms with E-state index in [2.05, 4.69) is 15.3 Å². The van der Waals surface area contributed by atoms with Gasteiger partial charge in [0.2, 0.25) is 15.9 Å². The predicted octanol–water partition coefficient (Wildman–Crippen LogP) is 3.64. The van der Waals surface area contributed by atoms with Crippen molar-refractivity contribution in [2.24, 2.45) is 0 Å². The highest BCUT2D eigenvalue weighted by Crippen LogP contribution is 2.29. The van der Waals surface area contributed by atoms with Gasteiger partial charge in [0.15, 0.2) is 0 Å². The van der Waals surface area contributed by atoms with Gasteiger partial charge in [-0.15, -0.1) is 0 Å². The number of hydrogen-bond acceptors (Lipinski definition) is 5. The zero-order chi connectivity index (χ0) is 25.2. The maximum absolute atomic E-state index is 14.6. The van der Waals surface area contributed by atoms with E-state index in [9.17, 15) is 30.8 Å². The topological polar surface area (TPSA) is 92.3 Å². The fourth-order valence-corrected chi connectivity index (χ4v) is 5.39. The van der Waals surface area contributed by atoms with E-state index >= 15 is 0 Å². The lowest BCUT2D eigenvalue weighted by Crippen LogP contribution is -2.49. The number of nitrogens with zero attached hydrogens (tertiary/aromatic N) is 3. The average molecular weight is 508 g/mol. The highest BCUT2D eigenvalue weighted by atomic mass is 32.2. The number of sulfonamides is 1. The molecular formula is C23H20F4N4O3S. The Bertz CT molecular complexity index is 1310. The number of amides is 1. The van der Waals surface area contributed by atoms with Gasteiger partial charge >= 0.3 is 0 Å². The quantitative estimate of drug-likeness (QED) is 0.492. The molecule has 2 unspecified atom stereocenters. The second kappa shape index (κ2) is 10.1. The molecule has 4 rings (SSSR count). The summed E-state index contributed by atoms with van der Waals surface area (Å²) >= 11 is 0. The summed E-state index contributed by atoms with van der Waals surface area (Å²) in [6.45, 7) is -0.345. The molecule has 184 valence electrons. The Labute approximate surface area is 198 Å². The van der Waals surface area contributed by atoms with Gasteiger partial charge in [0.1, 0.15) is 24.4 Å². The Morgan fingerprint density at radius 1 is 1.09 bits per heavy atom.